The van der Waals surface area contributed by atoms with E-state index in [0.717, 1.165) is 36.5 Å². The summed E-state index contributed by atoms with van der Waals surface area (Å²) in [6.07, 6.45) is 2.06. The Kier molecular flexibility index (Phi) is 5.86. The SMILES string of the molecule is CC(C)C(CNCc1ccn(C(C)C)n1)C(C)C. The van der Waals surface area contributed by atoms with Gasteiger partial charge in [-0.2, -0.15) is 5.10 Å². The van der Waals surface area contributed by atoms with Gasteiger partial charge in [0.05, 0.1) is 5.69 Å². The first-order valence-electron chi connectivity index (χ1n) is 7.16. The third-order valence-electron chi connectivity index (χ3n) is 3.59. The van der Waals surface area contributed by atoms with Gasteiger partial charge in [0.1, 0.15) is 0 Å². The maximum atomic E-state index is 4.55. The number of nitrogens with zero attached hydrogens (tertiary/aromatic N) is 2. The summed E-state index contributed by atoms with van der Waals surface area (Å²) >= 11 is 0. The summed E-state index contributed by atoms with van der Waals surface area (Å²) in [6, 6.07) is 2.55. The van der Waals surface area contributed by atoms with Crippen molar-refractivity contribution in [1.82, 2.24) is 15.1 Å². The average Bonchev–Trinajstić information content (AvgIpc) is 2.71. The van der Waals surface area contributed by atoms with Crippen LogP contribution in [-0.2, 0) is 6.54 Å². The maximum Gasteiger partial charge on any atom is 0.0762 e. The molecule has 0 amide bonds. The zero-order valence-electron chi connectivity index (χ0n) is 12.8. The lowest BCUT2D eigenvalue weighted by molar-refractivity contribution is 0.275. The lowest BCUT2D eigenvalue weighted by Gasteiger charge is -2.25. The van der Waals surface area contributed by atoms with Crippen LogP contribution >= 0.6 is 0 Å². The molecule has 0 spiro atoms. The summed E-state index contributed by atoms with van der Waals surface area (Å²) in [5, 5.41) is 8.09. The molecule has 0 radical (unpaired) electrons. The minimum atomic E-state index is 0.442. The standard InChI is InChI=1S/C15H29N3/c1-11(2)15(12(3)4)10-16-9-14-7-8-18(17-14)13(5)6/h7-8,11-13,15-16H,9-10H2,1-6H3. The Bertz CT molecular complexity index is 331. The monoisotopic (exact) mass is 251 g/mol. The fraction of sp³-hybridized carbons (Fsp3) is 0.800. The van der Waals surface area contributed by atoms with Crippen LogP contribution in [0.15, 0.2) is 12.3 Å². The number of aromatic nitrogens is 2. The molecular formula is C15H29N3. The summed E-state index contributed by atoms with van der Waals surface area (Å²) in [5.74, 6) is 2.19. The van der Waals surface area contributed by atoms with E-state index in [9.17, 15) is 0 Å². The highest BCUT2D eigenvalue weighted by atomic mass is 15.3. The largest absolute Gasteiger partial charge is 0.311 e. The van der Waals surface area contributed by atoms with Gasteiger partial charge in [0, 0.05) is 18.8 Å². The van der Waals surface area contributed by atoms with Gasteiger partial charge in [-0.15, -0.1) is 0 Å². The van der Waals surface area contributed by atoms with E-state index in [-0.39, 0.29) is 0 Å². The molecule has 1 aromatic rings. The molecule has 1 N–H and O–H groups in total. The van der Waals surface area contributed by atoms with Crippen molar-refractivity contribution < 1.29 is 0 Å². The fourth-order valence-corrected chi connectivity index (χ4v) is 2.37. The zero-order valence-corrected chi connectivity index (χ0v) is 12.8. The first-order valence-corrected chi connectivity index (χ1v) is 7.16. The van der Waals surface area contributed by atoms with Crippen molar-refractivity contribution in [2.24, 2.45) is 17.8 Å². The normalized spacial score (nSPS) is 12.3. The molecule has 0 atom stereocenters. The highest BCUT2D eigenvalue weighted by Crippen LogP contribution is 2.19. The summed E-state index contributed by atoms with van der Waals surface area (Å²) < 4.78 is 2.01. The van der Waals surface area contributed by atoms with Gasteiger partial charge in [0.15, 0.2) is 0 Å². The Labute approximate surface area is 112 Å². The zero-order chi connectivity index (χ0) is 13.7. The minimum absolute atomic E-state index is 0.442. The van der Waals surface area contributed by atoms with Crippen molar-refractivity contribution in [3.05, 3.63) is 18.0 Å². The minimum Gasteiger partial charge on any atom is -0.311 e. The lowest BCUT2D eigenvalue weighted by atomic mass is 9.85. The molecule has 0 fully saturated rings. The molecular weight excluding hydrogens is 222 g/mol. The molecule has 1 heterocycles. The highest BCUT2D eigenvalue weighted by molar-refractivity contribution is 4.99. The predicted molar refractivity (Wildman–Crippen MR) is 77.5 cm³/mol. The van der Waals surface area contributed by atoms with Crippen LogP contribution in [0.1, 0.15) is 53.3 Å². The predicted octanol–water partition coefficient (Wildman–Crippen LogP) is 3.48. The Morgan fingerprint density at radius 2 is 1.72 bits per heavy atom. The molecule has 0 aliphatic carbocycles. The number of hydrogen-bond donors (Lipinski definition) is 1. The molecule has 0 aliphatic rings. The van der Waals surface area contributed by atoms with E-state index in [4.69, 9.17) is 0 Å². The third kappa shape index (κ3) is 4.45. The molecule has 0 unspecified atom stereocenters. The van der Waals surface area contributed by atoms with Crippen molar-refractivity contribution in [3.8, 4) is 0 Å². The van der Waals surface area contributed by atoms with Crippen LogP contribution in [0.2, 0.25) is 0 Å². The first-order chi connectivity index (χ1) is 8.41. The number of nitrogens with one attached hydrogen (secondary N) is 1. The van der Waals surface area contributed by atoms with Gasteiger partial charge in [0.25, 0.3) is 0 Å². The second-order valence-electron chi connectivity index (χ2n) is 6.16. The van der Waals surface area contributed by atoms with Crippen LogP contribution in [0.5, 0.6) is 0 Å². The molecule has 3 nitrogen and oxygen atoms in total. The second kappa shape index (κ2) is 6.93. The van der Waals surface area contributed by atoms with Crippen LogP contribution in [0.4, 0.5) is 0 Å². The summed E-state index contributed by atoms with van der Waals surface area (Å²) in [6.45, 7) is 15.5. The van der Waals surface area contributed by atoms with Crippen LogP contribution in [-0.4, -0.2) is 16.3 Å². The van der Waals surface area contributed by atoms with Crippen molar-refractivity contribution in [1.29, 1.82) is 0 Å². The van der Waals surface area contributed by atoms with Gasteiger partial charge in [-0.25, -0.2) is 0 Å². The third-order valence-corrected chi connectivity index (χ3v) is 3.59. The van der Waals surface area contributed by atoms with Gasteiger partial charge >= 0.3 is 0 Å². The number of rotatable bonds is 7. The number of hydrogen-bond acceptors (Lipinski definition) is 2. The topological polar surface area (TPSA) is 29.9 Å². The molecule has 0 aliphatic heterocycles. The van der Waals surface area contributed by atoms with E-state index in [2.05, 4.69) is 64.2 Å². The quantitative estimate of drug-likeness (QED) is 0.804. The highest BCUT2D eigenvalue weighted by Gasteiger charge is 2.16. The van der Waals surface area contributed by atoms with E-state index in [1.165, 1.54) is 0 Å². The van der Waals surface area contributed by atoms with E-state index >= 15 is 0 Å². The summed E-state index contributed by atoms with van der Waals surface area (Å²) in [7, 11) is 0. The van der Waals surface area contributed by atoms with Crippen LogP contribution in [0.25, 0.3) is 0 Å². The molecule has 0 bridgehead atoms. The van der Waals surface area contributed by atoms with E-state index in [1.807, 2.05) is 4.68 Å². The van der Waals surface area contributed by atoms with E-state index < -0.39 is 0 Å². The Morgan fingerprint density at radius 1 is 1.11 bits per heavy atom. The van der Waals surface area contributed by atoms with Crippen molar-refractivity contribution in [3.63, 3.8) is 0 Å². The lowest BCUT2D eigenvalue weighted by Crippen LogP contribution is -2.29. The average molecular weight is 251 g/mol. The van der Waals surface area contributed by atoms with E-state index in [0.29, 0.717) is 6.04 Å². The van der Waals surface area contributed by atoms with Gasteiger partial charge in [-0.05, 0) is 44.2 Å². The summed E-state index contributed by atoms with van der Waals surface area (Å²) in [5.41, 5.74) is 1.13. The van der Waals surface area contributed by atoms with Crippen LogP contribution < -0.4 is 5.32 Å². The molecule has 0 saturated carbocycles. The molecule has 18 heavy (non-hydrogen) atoms. The first kappa shape index (κ1) is 15.2. The van der Waals surface area contributed by atoms with Crippen LogP contribution in [0, 0.1) is 17.8 Å². The van der Waals surface area contributed by atoms with Crippen molar-refractivity contribution >= 4 is 0 Å². The van der Waals surface area contributed by atoms with Crippen LogP contribution in [0.3, 0.4) is 0 Å². The second-order valence-corrected chi connectivity index (χ2v) is 6.16. The molecule has 0 aromatic carbocycles. The molecule has 104 valence electrons. The fourth-order valence-electron chi connectivity index (χ4n) is 2.37. The Balaban J connectivity index is 2.40. The van der Waals surface area contributed by atoms with E-state index in [1.54, 1.807) is 0 Å². The van der Waals surface area contributed by atoms with Gasteiger partial charge in [0.2, 0.25) is 0 Å². The maximum absolute atomic E-state index is 4.55. The Morgan fingerprint density at radius 3 is 2.17 bits per heavy atom. The van der Waals surface area contributed by atoms with Crippen molar-refractivity contribution in [2.45, 2.75) is 54.1 Å². The molecule has 3 heteroatoms. The summed E-state index contributed by atoms with van der Waals surface area (Å²) in [4.78, 5) is 0. The van der Waals surface area contributed by atoms with Gasteiger partial charge < -0.3 is 5.32 Å². The molecule has 0 saturated heterocycles. The molecule has 1 rings (SSSR count). The smallest absolute Gasteiger partial charge is 0.0762 e. The van der Waals surface area contributed by atoms with Crippen molar-refractivity contribution in [2.75, 3.05) is 6.54 Å². The molecule has 1 aromatic heterocycles. The Hall–Kier alpha value is -0.830. The van der Waals surface area contributed by atoms with Gasteiger partial charge in [-0.3, -0.25) is 4.68 Å². The van der Waals surface area contributed by atoms with Gasteiger partial charge in [-0.1, -0.05) is 27.7 Å².